The fraction of sp³-hybridized carbons (Fsp3) is 0.947. The van der Waals surface area contributed by atoms with E-state index in [9.17, 15) is 0 Å². The molecule has 3 rings (SSSR count). The van der Waals surface area contributed by atoms with E-state index < -0.39 is 0 Å². The third kappa shape index (κ3) is 4.80. The summed E-state index contributed by atoms with van der Waals surface area (Å²) >= 11 is 0. The third-order valence-corrected chi connectivity index (χ3v) is 6.50. The molecule has 0 amide bonds. The molecule has 3 unspecified atom stereocenters. The van der Waals surface area contributed by atoms with Gasteiger partial charge in [-0.2, -0.15) is 0 Å². The summed E-state index contributed by atoms with van der Waals surface area (Å²) in [5.74, 6) is 1.72. The van der Waals surface area contributed by atoms with Crippen molar-refractivity contribution in [2.45, 2.75) is 64.0 Å². The Balaban J connectivity index is 0.00000225. The number of piperidine rings is 1. The minimum absolute atomic E-state index is 0. The van der Waals surface area contributed by atoms with E-state index >= 15 is 0 Å². The van der Waals surface area contributed by atoms with Crippen LogP contribution in [0, 0.1) is 11.3 Å². The predicted molar refractivity (Wildman–Crippen MR) is 115 cm³/mol. The van der Waals surface area contributed by atoms with Crippen LogP contribution in [0.15, 0.2) is 4.99 Å². The first kappa shape index (κ1) is 21.2. The van der Waals surface area contributed by atoms with Gasteiger partial charge in [0.25, 0.3) is 0 Å². The second-order valence-electron chi connectivity index (χ2n) is 8.04. The maximum absolute atomic E-state index is 6.02. The van der Waals surface area contributed by atoms with Gasteiger partial charge in [-0.05, 0) is 58.5 Å². The summed E-state index contributed by atoms with van der Waals surface area (Å²) in [4.78, 5) is 6.92. The summed E-state index contributed by atoms with van der Waals surface area (Å²) in [6.07, 6.45) is 9.53. The molecule has 6 heteroatoms. The van der Waals surface area contributed by atoms with Crippen LogP contribution < -0.4 is 10.6 Å². The van der Waals surface area contributed by atoms with Gasteiger partial charge in [-0.15, -0.1) is 24.0 Å². The molecule has 5 nitrogen and oxygen atoms in total. The van der Waals surface area contributed by atoms with Crippen LogP contribution in [0.3, 0.4) is 0 Å². The first-order chi connectivity index (χ1) is 11.7. The fourth-order valence-electron chi connectivity index (χ4n) is 5.13. The van der Waals surface area contributed by atoms with Gasteiger partial charge >= 0.3 is 0 Å². The first-order valence-electron chi connectivity index (χ1n) is 9.95. The highest BCUT2D eigenvalue weighted by Crippen LogP contribution is 2.54. The van der Waals surface area contributed by atoms with Crippen molar-refractivity contribution in [2.24, 2.45) is 16.3 Å². The molecule has 2 N–H and O–H groups in total. The van der Waals surface area contributed by atoms with Crippen molar-refractivity contribution in [2.75, 3.05) is 40.3 Å². The number of nitrogens with zero attached hydrogens (tertiary/aromatic N) is 2. The number of ether oxygens (including phenoxy) is 1. The number of hydrogen-bond donors (Lipinski definition) is 2. The van der Waals surface area contributed by atoms with E-state index in [1.54, 1.807) is 0 Å². The summed E-state index contributed by atoms with van der Waals surface area (Å²) in [5, 5.41) is 7.30. The molecule has 2 aliphatic carbocycles. The summed E-state index contributed by atoms with van der Waals surface area (Å²) < 4.78 is 6.02. The van der Waals surface area contributed by atoms with Gasteiger partial charge in [-0.1, -0.05) is 12.8 Å². The highest BCUT2D eigenvalue weighted by atomic mass is 127. The largest absolute Gasteiger partial charge is 0.378 e. The Labute approximate surface area is 170 Å². The van der Waals surface area contributed by atoms with E-state index in [1.807, 2.05) is 7.05 Å². The number of guanidine groups is 1. The number of halogens is 1. The number of hydrogen-bond acceptors (Lipinski definition) is 3. The van der Waals surface area contributed by atoms with E-state index in [0.717, 1.165) is 31.4 Å². The number of aliphatic imine (C=N–C) groups is 1. The van der Waals surface area contributed by atoms with Gasteiger partial charge in [-0.25, -0.2) is 0 Å². The molecule has 3 aliphatic rings. The van der Waals surface area contributed by atoms with Crippen LogP contribution in [0.5, 0.6) is 0 Å². The lowest BCUT2D eigenvalue weighted by Gasteiger charge is -2.54. The standard InChI is InChI=1S/C19H36N4O.HI/c1-4-24-17-12-16(19(17)9-5-6-10-19)22-18(20-2)21-13-15-8-7-11-23(3)14-15;/h15-17H,4-14H2,1-3H3,(H2,20,21,22);1H. The molecule has 0 aromatic carbocycles. The molecule has 2 saturated carbocycles. The zero-order chi connectivity index (χ0) is 17.0. The van der Waals surface area contributed by atoms with Gasteiger partial charge < -0.3 is 20.3 Å². The van der Waals surface area contributed by atoms with Gasteiger partial charge in [-0.3, -0.25) is 4.99 Å². The SMILES string of the molecule is CCOC1CC(NC(=NC)NCC2CCCN(C)C2)C12CCCC2.I. The number of nitrogens with one attached hydrogen (secondary N) is 2. The molecule has 1 saturated heterocycles. The van der Waals surface area contributed by atoms with E-state index in [1.165, 1.54) is 51.6 Å². The quantitative estimate of drug-likeness (QED) is 0.373. The topological polar surface area (TPSA) is 48.9 Å². The Kier molecular flexibility index (Phi) is 8.27. The van der Waals surface area contributed by atoms with Gasteiger partial charge in [0, 0.05) is 38.2 Å². The minimum atomic E-state index is 0. The van der Waals surface area contributed by atoms with Crippen molar-refractivity contribution in [1.29, 1.82) is 0 Å². The molecule has 0 radical (unpaired) electrons. The van der Waals surface area contributed by atoms with Crippen molar-refractivity contribution in [3.63, 3.8) is 0 Å². The smallest absolute Gasteiger partial charge is 0.191 e. The molecule has 146 valence electrons. The highest BCUT2D eigenvalue weighted by molar-refractivity contribution is 14.0. The van der Waals surface area contributed by atoms with Crippen molar-refractivity contribution in [1.82, 2.24) is 15.5 Å². The van der Waals surface area contributed by atoms with Gasteiger partial charge in [0.05, 0.1) is 6.10 Å². The Morgan fingerprint density at radius 2 is 2.04 bits per heavy atom. The zero-order valence-electron chi connectivity index (χ0n) is 16.2. The van der Waals surface area contributed by atoms with Crippen molar-refractivity contribution in [3.05, 3.63) is 0 Å². The minimum Gasteiger partial charge on any atom is -0.378 e. The fourth-order valence-corrected chi connectivity index (χ4v) is 5.13. The van der Waals surface area contributed by atoms with Gasteiger partial charge in [0.15, 0.2) is 5.96 Å². The van der Waals surface area contributed by atoms with E-state index in [4.69, 9.17) is 4.74 Å². The van der Waals surface area contributed by atoms with E-state index in [2.05, 4.69) is 34.5 Å². The van der Waals surface area contributed by atoms with Crippen LogP contribution in [0.4, 0.5) is 0 Å². The Morgan fingerprint density at radius 3 is 2.68 bits per heavy atom. The molecule has 3 fully saturated rings. The molecule has 25 heavy (non-hydrogen) atoms. The van der Waals surface area contributed by atoms with Gasteiger partial charge in [0.1, 0.15) is 0 Å². The van der Waals surface area contributed by atoms with Crippen LogP contribution in [0.2, 0.25) is 0 Å². The molecule has 1 aliphatic heterocycles. The van der Waals surface area contributed by atoms with Crippen LogP contribution in [0.25, 0.3) is 0 Å². The normalized spacial score (nSPS) is 32.1. The summed E-state index contributed by atoms with van der Waals surface area (Å²) in [6.45, 7) is 6.42. The van der Waals surface area contributed by atoms with Crippen LogP contribution >= 0.6 is 24.0 Å². The zero-order valence-corrected chi connectivity index (χ0v) is 18.6. The lowest BCUT2D eigenvalue weighted by atomic mass is 9.60. The van der Waals surface area contributed by atoms with E-state index in [0.29, 0.717) is 17.6 Å². The molecule has 0 aromatic heterocycles. The summed E-state index contributed by atoms with van der Waals surface area (Å²) in [5.41, 5.74) is 0.360. The second kappa shape index (κ2) is 9.74. The summed E-state index contributed by atoms with van der Waals surface area (Å²) in [6, 6.07) is 0.525. The maximum Gasteiger partial charge on any atom is 0.191 e. The number of rotatable bonds is 5. The molecule has 0 aromatic rings. The third-order valence-electron chi connectivity index (χ3n) is 6.50. The van der Waals surface area contributed by atoms with E-state index in [-0.39, 0.29) is 24.0 Å². The van der Waals surface area contributed by atoms with Crippen LogP contribution in [0.1, 0.15) is 51.9 Å². The summed E-state index contributed by atoms with van der Waals surface area (Å²) in [7, 11) is 4.12. The second-order valence-corrected chi connectivity index (χ2v) is 8.04. The van der Waals surface area contributed by atoms with Crippen LogP contribution in [-0.4, -0.2) is 63.3 Å². The van der Waals surface area contributed by atoms with Gasteiger partial charge in [0.2, 0.25) is 0 Å². The molecular weight excluding hydrogens is 427 g/mol. The van der Waals surface area contributed by atoms with Crippen molar-refractivity contribution < 1.29 is 4.74 Å². The van der Waals surface area contributed by atoms with Crippen LogP contribution in [-0.2, 0) is 4.74 Å². The molecular formula is C19H37IN4O. The Hall–Kier alpha value is -0.0800. The molecule has 1 heterocycles. The number of likely N-dealkylation sites (tertiary alicyclic amines) is 1. The maximum atomic E-state index is 6.02. The Bertz CT molecular complexity index is 439. The predicted octanol–water partition coefficient (Wildman–Crippen LogP) is 2.85. The Morgan fingerprint density at radius 1 is 1.28 bits per heavy atom. The lowest BCUT2D eigenvalue weighted by Crippen LogP contribution is -2.65. The lowest BCUT2D eigenvalue weighted by molar-refractivity contribution is -0.125. The average molecular weight is 464 g/mol. The van der Waals surface area contributed by atoms with Crippen molar-refractivity contribution in [3.8, 4) is 0 Å². The highest BCUT2D eigenvalue weighted by Gasteiger charge is 2.56. The first-order valence-corrected chi connectivity index (χ1v) is 9.95. The monoisotopic (exact) mass is 464 g/mol. The molecule has 0 bridgehead atoms. The molecule has 3 atom stereocenters. The van der Waals surface area contributed by atoms with Crippen molar-refractivity contribution >= 4 is 29.9 Å². The molecule has 1 spiro atoms. The average Bonchev–Trinajstić information content (AvgIpc) is 3.10.